The molecule has 0 aliphatic carbocycles. The van der Waals surface area contributed by atoms with E-state index in [2.05, 4.69) is 6.92 Å². The standard InChI is InChI=1S/C13H26N2O/c1-5-10-8-6-7-9-15(10)12(16)11(14)13(2,3)4/h10-11H,5-9,14H2,1-4H3/t10?,11-/m0/s1. The predicted octanol–water partition coefficient (Wildman–Crippen LogP) is 2.15. The van der Waals surface area contributed by atoms with Gasteiger partial charge in [0.25, 0.3) is 0 Å². The highest BCUT2D eigenvalue weighted by molar-refractivity contribution is 5.82. The Labute approximate surface area is 99.4 Å². The van der Waals surface area contributed by atoms with Crippen LogP contribution in [-0.4, -0.2) is 29.4 Å². The van der Waals surface area contributed by atoms with Crippen LogP contribution in [0.4, 0.5) is 0 Å². The Balaban J connectivity index is 2.71. The van der Waals surface area contributed by atoms with E-state index in [1.807, 2.05) is 25.7 Å². The number of nitrogens with two attached hydrogens (primary N) is 1. The van der Waals surface area contributed by atoms with E-state index in [1.165, 1.54) is 6.42 Å². The van der Waals surface area contributed by atoms with Crippen molar-refractivity contribution in [1.29, 1.82) is 0 Å². The third-order valence-corrected chi connectivity index (χ3v) is 3.58. The number of carbonyl (C=O) groups is 1. The first-order valence-corrected chi connectivity index (χ1v) is 6.44. The fraction of sp³-hybridized carbons (Fsp3) is 0.923. The molecule has 16 heavy (non-hydrogen) atoms. The minimum Gasteiger partial charge on any atom is -0.338 e. The van der Waals surface area contributed by atoms with Crippen molar-refractivity contribution in [2.75, 3.05) is 6.54 Å². The molecule has 1 rings (SSSR count). The van der Waals surface area contributed by atoms with Crippen molar-refractivity contribution in [3.63, 3.8) is 0 Å². The topological polar surface area (TPSA) is 46.3 Å². The van der Waals surface area contributed by atoms with Crippen LogP contribution in [0.25, 0.3) is 0 Å². The van der Waals surface area contributed by atoms with Crippen LogP contribution in [-0.2, 0) is 4.79 Å². The van der Waals surface area contributed by atoms with Crippen molar-refractivity contribution in [2.24, 2.45) is 11.1 Å². The molecule has 2 N–H and O–H groups in total. The average molecular weight is 226 g/mol. The van der Waals surface area contributed by atoms with Crippen molar-refractivity contribution in [3.8, 4) is 0 Å². The minimum atomic E-state index is -0.375. The van der Waals surface area contributed by atoms with Gasteiger partial charge in [0.1, 0.15) is 0 Å². The molecule has 3 heteroatoms. The largest absolute Gasteiger partial charge is 0.338 e. The first-order valence-electron chi connectivity index (χ1n) is 6.44. The zero-order valence-electron chi connectivity index (χ0n) is 11.1. The Morgan fingerprint density at radius 1 is 1.44 bits per heavy atom. The average Bonchev–Trinajstić information content (AvgIpc) is 2.25. The lowest BCUT2D eigenvalue weighted by Crippen LogP contribution is -2.54. The zero-order valence-corrected chi connectivity index (χ0v) is 11.1. The molecule has 1 aliphatic rings. The summed E-state index contributed by atoms with van der Waals surface area (Å²) in [6, 6.07) is 0.0364. The van der Waals surface area contributed by atoms with Crippen molar-refractivity contribution >= 4 is 5.91 Å². The Kier molecular flexibility index (Phi) is 4.36. The van der Waals surface area contributed by atoms with Gasteiger partial charge in [-0.25, -0.2) is 0 Å². The highest BCUT2D eigenvalue weighted by Gasteiger charge is 2.34. The number of piperidine rings is 1. The van der Waals surface area contributed by atoms with Gasteiger partial charge >= 0.3 is 0 Å². The number of hydrogen-bond donors (Lipinski definition) is 1. The van der Waals surface area contributed by atoms with Crippen molar-refractivity contribution in [1.82, 2.24) is 4.90 Å². The van der Waals surface area contributed by atoms with Crippen LogP contribution in [0, 0.1) is 5.41 Å². The van der Waals surface area contributed by atoms with E-state index in [1.54, 1.807) is 0 Å². The second kappa shape index (κ2) is 5.17. The van der Waals surface area contributed by atoms with Crippen LogP contribution in [0.15, 0.2) is 0 Å². The number of likely N-dealkylation sites (tertiary alicyclic amines) is 1. The van der Waals surface area contributed by atoms with Gasteiger partial charge in [0.05, 0.1) is 6.04 Å². The van der Waals surface area contributed by atoms with Gasteiger partial charge in [-0.3, -0.25) is 4.79 Å². The summed E-state index contributed by atoms with van der Waals surface area (Å²) in [6.45, 7) is 9.13. The number of rotatable bonds is 2. The molecule has 3 nitrogen and oxygen atoms in total. The maximum atomic E-state index is 12.3. The lowest BCUT2D eigenvalue weighted by Gasteiger charge is -2.39. The third kappa shape index (κ3) is 2.97. The highest BCUT2D eigenvalue weighted by Crippen LogP contribution is 2.24. The van der Waals surface area contributed by atoms with Crippen LogP contribution in [0.3, 0.4) is 0 Å². The predicted molar refractivity (Wildman–Crippen MR) is 67.1 cm³/mol. The number of amides is 1. The van der Waals surface area contributed by atoms with E-state index >= 15 is 0 Å². The van der Waals surface area contributed by atoms with Gasteiger partial charge in [-0.05, 0) is 31.1 Å². The molecule has 0 aromatic carbocycles. The summed E-state index contributed by atoms with van der Waals surface area (Å²) in [6.07, 6.45) is 4.55. The quantitative estimate of drug-likeness (QED) is 0.784. The number of nitrogens with zero attached hydrogens (tertiary/aromatic N) is 1. The SMILES string of the molecule is CCC1CCCCN1C(=O)[C@H](N)C(C)(C)C. The first kappa shape index (κ1) is 13.5. The Bertz CT molecular complexity index is 245. The molecule has 0 aromatic rings. The van der Waals surface area contributed by atoms with E-state index in [-0.39, 0.29) is 17.4 Å². The lowest BCUT2D eigenvalue weighted by molar-refractivity contribution is -0.138. The van der Waals surface area contributed by atoms with Gasteiger partial charge in [0.15, 0.2) is 0 Å². The molecule has 1 saturated heterocycles. The highest BCUT2D eigenvalue weighted by atomic mass is 16.2. The molecule has 0 saturated carbocycles. The zero-order chi connectivity index (χ0) is 12.3. The molecule has 1 fully saturated rings. The van der Waals surface area contributed by atoms with Crippen LogP contribution in [0.5, 0.6) is 0 Å². The smallest absolute Gasteiger partial charge is 0.240 e. The maximum Gasteiger partial charge on any atom is 0.240 e. The van der Waals surface area contributed by atoms with Gasteiger partial charge < -0.3 is 10.6 Å². The van der Waals surface area contributed by atoms with Gasteiger partial charge in [0.2, 0.25) is 5.91 Å². The summed E-state index contributed by atoms with van der Waals surface area (Å²) in [7, 11) is 0. The summed E-state index contributed by atoms with van der Waals surface area (Å²) < 4.78 is 0. The molecule has 0 spiro atoms. The molecule has 2 atom stereocenters. The second-order valence-corrected chi connectivity index (χ2v) is 5.93. The minimum absolute atomic E-state index is 0.138. The fourth-order valence-electron chi connectivity index (χ4n) is 2.26. The van der Waals surface area contributed by atoms with Gasteiger partial charge in [-0.15, -0.1) is 0 Å². The van der Waals surface area contributed by atoms with E-state index in [4.69, 9.17) is 5.73 Å². The second-order valence-electron chi connectivity index (χ2n) is 5.93. The summed E-state index contributed by atoms with van der Waals surface area (Å²) in [5.41, 5.74) is 5.90. The van der Waals surface area contributed by atoms with Gasteiger partial charge in [0, 0.05) is 12.6 Å². The van der Waals surface area contributed by atoms with Crippen LogP contribution < -0.4 is 5.73 Å². The summed E-state index contributed by atoms with van der Waals surface area (Å²) in [5.74, 6) is 0.138. The Hall–Kier alpha value is -0.570. The molecule has 1 aliphatic heterocycles. The molecular formula is C13H26N2O. The number of hydrogen-bond acceptors (Lipinski definition) is 2. The van der Waals surface area contributed by atoms with Crippen molar-refractivity contribution < 1.29 is 4.79 Å². The molecular weight excluding hydrogens is 200 g/mol. The third-order valence-electron chi connectivity index (χ3n) is 3.58. The summed E-state index contributed by atoms with van der Waals surface area (Å²) in [5, 5.41) is 0. The van der Waals surface area contributed by atoms with Gasteiger partial charge in [-0.1, -0.05) is 27.7 Å². The lowest BCUT2D eigenvalue weighted by atomic mass is 9.85. The molecule has 94 valence electrons. The van der Waals surface area contributed by atoms with Crippen LogP contribution in [0.2, 0.25) is 0 Å². The maximum absolute atomic E-state index is 12.3. The molecule has 1 heterocycles. The summed E-state index contributed by atoms with van der Waals surface area (Å²) >= 11 is 0. The number of carbonyl (C=O) groups excluding carboxylic acids is 1. The monoisotopic (exact) mass is 226 g/mol. The van der Waals surface area contributed by atoms with Crippen molar-refractivity contribution in [3.05, 3.63) is 0 Å². The van der Waals surface area contributed by atoms with Gasteiger partial charge in [-0.2, -0.15) is 0 Å². The Morgan fingerprint density at radius 2 is 2.06 bits per heavy atom. The van der Waals surface area contributed by atoms with Crippen LogP contribution >= 0.6 is 0 Å². The molecule has 1 unspecified atom stereocenters. The molecule has 0 radical (unpaired) electrons. The van der Waals surface area contributed by atoms with E-state index in [0.717, 1.165) is 25.8 Å². The summed E-state index contributed by atoms with van der Waals surface area (Å²) in [4.78, 5) is 14.3. The fourth-order valence-corrected chi connectivity index (χ4v) is 2.26. The van der Waals surface area contributed by atoms with E-state index < -0.39 is 0 Å². The van der Waals surface area contributed by atoms with Crippen LogP contribution in [0.1, 0.15) is 53.4 Å². The van der Waals surface area contributed by atoms with E-state index in [9.17, 15) is 4.79 Å². The van der Waals surface area contributed by atoms with Crippen molar-refractivity contribution in [2.45, 2.75) is 65.5 Å². The van der Waals surface area contributed by atoms with E-state index in [0.29, 0.717) is 6.04 Å². The normalized spacial score (nSPS) is 24.3. The first-order chi connectivity index (χ1) is 7.38. The Morgan fingerprint density at radius 3 is 2.56 bits per heavy atom. The molecule has 0 bridgehead atoms. The molecule has 0 aromatic heterocycles. The molecule has 1 amide bonds.